The second kappa shape index (κ2) is 6.02. The second-order valence-electron chi connectivity index (χ2n) is 4.32. The molecule has 0 saturated carbocycles. The zero-order chi connectivity index (χ0) is 14.5. The lowest BCUT2D eigenvalue weighted by molar-refractivity contribution is 0.0512. The van der Waals surface area contributed by atoms with E-state index in [4.69, 9.17) is 10.00 Å². The number of ether oxygens (including phenoxy) is 1. The van der Waals surface area contributed by atoms with E-state index in [1.807, 2.05) is 19.1 Å². The van der Waals surface area contributed by atoms with Gasteiger partial charge in [-0.05, 0) is 31.5 Å². The summed E-state index contributed by atoms with van der Waals surface area (Å²) in [6.45, 7) is 4.06. The van der Waals surface area contributed by atoms with Crippen LogP contribution in [0.5, 0.6) is 0 Å². The van der Waals surface area contributed by atoms with Crippen LogP contribution in [0.4, 0.5) is 0 Å². The van der Waals surface area contributed by atoms with E-state index >= 15 is 0 Å². The summed E-state index contributed by atoms with van der Waals surface area (Å²) in [5.41, 5.74) is 2.02. The Bertz CT molecular complexity index is 638. The largest absolute Gasteiger partial charge is 0.461 e. The predicted molar refractivity (Wildman–Crippen MR) is 73.2 cm³/mol. The first-order valence-corrected chi connectivity index (χ1v) is 6.36. The van der Waals surface area contributed by atoms with E-state index < -0.39 is 0 Å². The minimum absolute atomic E-state index is 0.0651. The normalized spacial score (nSPS) is 11.7. The molecule has 0 spiro atoms. The summed E-state index contributed by atoms with van der Waals surface area (Å²) in [6, 6.07) is 9.28. The fraction of sp³-hybridized carbons (Fsp3) is 0.267. The van der Waals surface area contributed by atoms with Gasteiger partial charge in [0.25, 0.3) is 0 Å². The summed E-state index contributed by atoms with van der Waals surface area (Å²) in [6.07, 6.45) is 3.10. The number of carbonyl (C=O) groups is 1. The van der Waals surface area contributed by atoms with E-state index in [2.05, 4.69) is 11.1 Å². The Kier molecular flexibility index (Phi) is 4.16. The molecule has 2 rings (SSSR count). The van der Waals surface area contributed by atoms with E-state index in [0.29, 0.717) is 17.9 Å². The number of carbonyl (C=O) groups excluding carboxylic acids is 1. The van der Waals surface area contributed by atoms with Gasteiger partial charge in [-0.2, -0.15) is 5.26 Å². The fourth-order valence-electron chi connectivity index (χ4n) is 1.97. The molecule has 0 fully saturated rings. The number of hydrogen-bond acceptors (Lipinski definition) is 4. The summed E-state index contributed by atoms with van der Waals surface area (Å²) < 4.78 is 6.77. The first kappa shape index (κ1) is 13.8. The Morgan fingerprint density at radius 1 is 1.45 bits per heavy atom. The lowest BCUT2D eigenvalue weighted by Crippen LogP contribution is -2.15. The van der Waals surface area contributed by atoms with Crippen molar-refractivity contribution in [2.45, 2.75) is 19.9 Å². The molecule has 0 N–H and O–H groups in total. The highest BCUT2D eigenvalue weighted by Crippen LogP contribution is 2.20. The number of nitrogens with zero attached hydrogens (tertiary/aromatic N) is 3. The zero-order valence-electron chi connectivity index (χ0n) is 11.4. The molecule has 0 saturated heterocycles. The van der Waals surface area contributed by atoms with Gasteiger partial charge in [0.1, 0.15) is 5.69 Å². The van der Waals surface area contributed by atoms with Gasteiger partial charge in [-0.3, -0.25) is 0 Å². The van der Waals surface area contributed by atoms with Crippen molar-refractivity contribution in [2.24, 2.45) is 0 Å². The van der Waals surface area contributed by atoms with Crippen molar-refractivity contribution in [3.05, 3.63) is 53.6 Å². The highest BCUT2D eigenvalue weighted by Gasteiger charge is 2.17. The molecule has 0 unspecified atom stereocenters. The lowest BCUT2D eigenvalue weighted by atomic mass is 10.1. The second-order valence-corrected chi connectivity index (χ2v) is 4.32. The summed E-state index contributed by atoms with van der Waals surface area (Å²) in [4.78, 5) is 15.9. The third-order valence-corrected chi connectivity index (χ3v) is 3.09. The topological polar surface area (TPSA) is 67.9 Å². The van der Waals surface area contributed by atoms with Crippen LogP contribution in [0.2, 0.25) is 0 Å². The molecule has 0 aliphatic rings. The molecule has 1 aromatic carbocycles. The molecule has 0 aliphatic carbocycles. The maximum atomic E-state index is 11.8. The van der Waals surface area contributed by atoms with E-state index in [1.165, 1.54) is 6.20 Å². The van der Waals surface area contributed by atoms with Crippen LogP contribution in [0.25, 0.3) is 0 Å². The van der Waals surface area contributed by atoms with Crippen molar-refractivity contribution >= 4 is 5.97 Å². The highest BCUT2D eigenvalue weighted by molar-refractivity contribution is 5.87. The van der Waals surface area contributed by atoms with Crippen LogP contribution in [0.3, 0.4) is 0 Å². The van der Waals surface area contributed by atoms with Gasteiger partial charge < -0.3 is 9.30 Å². The molecule has 1 aromatic heterocycles. The maximum Gasteiger partial charge on any atom is 0.356 e. The highest BCUT2D eigenvalue weighted by atomic mass is 16.5. The van der Waals surface area contributed by atoms with Crippen LogP contribution < -0.4 is 0 Å². The first-order chi connectivity index (χ1) is 9.67. The molecular weight excluding hydrogens is 254 g/mol. The monoisotopic (exact) mass is 269 g/mol. The van der Waals surface area contributed by atoms with E-state index in [0.717, 1.165) is 5.56 Å². The minimum atomic E-state index is -0.384. The van der Waals surface area contributed by atoms with Gasteiger partial charge in [0.2, 0.25) is 0 Å². The van der Waals surface area contributed by atoms with Crippen LogP contribution in [0, 0.1) is 11.3 Å². The van der Waals surface area contributed by atoms with Gasteiger partial charge in [-0.25, -0.2) is 9.78 Å². The summed E-state index contributed by atoms with van der Waals surface area (Å²) >= 11 is 0. The third kappa shape index (κ3) is 2.69. The molecule has 20 heavy (non-hydrogen) atoms. The fourth-order valence-corrected chi connectivity index (χ4v) is 1.97. The van der Waals surface area contributed by atoms with Gasteiger partial charge >= 0.3 is 5.97 Å². The summed E-state index contributed by atoms with van der Waals surface area (Å²) in [5, 5.41) is 8.80. The molecule has 0 radical (unpaired) electrons. The molecule has 5 nitrogen and oxygen atoms in total. The van der Waals surface area contributed by atoms with Gasteiger partial charge in [0, 0.05) is 0 Å². The Morgan fingerprint density at radius 3 is 2.75 bits per heavy atom. The number of nitriles is 1. The van der Waals surface area contributed by atoms with Crippen LogP contribution >= 0.6 is 0 Å². The zero-order valence-corrected chi connectivity index (χ0v) is 11.4. The van der Waals surface area contributed by atoms with Crippen molar-refractivity contribution in [2.75, 3.05) is 6.61 Å². The molecule has 0 amide bonds. The predicted octanol–water partition coefficient (Wildman–Crippen LogP) is 2.54. The molecular formula is C15H15N3O2. The Labute approximate surface area is 117 Å². The number of aromatic nitrogens is 2. The van der Waals surface area contributed by atoms with Crippen LogP contribution in [-0.2, 0) is 4.74 Å². The third-order valence-electron chi connectivity index (χ3n) is 3.09. The van der Waals surface area contributed by atoms with Crippen molar-refractivity contribution in [1.82, 2.24) is 9.55 Å². The standard InChI is InChI=1S/C15H15N3O2/c1-3-20-15(19)14-9-17-10-18(14)11(2)13-6-4-12(8-16)5-7-13/h4-7,9-11H,3H2,1-2H3/t11-/m1/s1. The Balaban J connectivity index is 2.29. The molecule has 0 bridgehead atoms. The van der Waals surface area contributed by atoms with Crippen LogP contribution in [-0.4, -0.2) is 22.1 Å². The smallest absolute Gasteiger partial charge is 0.356 e. The number of imidazole rings is 1. The molecule has 2 aromatic rings. The minimum Gasteiger partial charge on any atom is -0.461 e. The van der Waals surface area contributed by atoms with E-state index in [1.54, 1.807) is 30.0 Å². The van der Waals surface area contributed by atoms with E-state index in [9.17, 15) is 4.79 Å². The van der Waals surface area contributed by atoms with Gasteiger partial charge in [-0.15, -0.1) is 0 Å². The Morgan fingerprint density at radius 2 is 2.15 bits per heavy atom. The van der Waals surface area contributed by atoms with Gasteiger partial charge in [0.05, 0.1) is 36.8 Å². The summed E-state index contributed by atoms with van der Waals surface area (Å²) in [5.74, 6) is -0.384. The van der Waals surface area contributed by atoms with Crippen LogP contribution in [0.15, 0.2) is 36.8 Å². The number of benzene rings is 1. The van der Waals surface area contributed by atoms with Crippen molar-refractivity contribution in [1.29, 1.82) is 5.26 Å². The van der Waals surface area contributed by atoms with Crippen molar-refractivity contribution in [3.8, 4) is 6.07 Å². The molecule has 5 heteroatoms. The molecule has 1 atom stereocenters. The van der Waals surface area contributed by atoms with Gasteiger partial charge in [0.15, 0.2) is 0 Å². The van der Waals surface area contributed by atoms with E-state index in [-0.39, 0.29) is 12.0 Å². The average molecular weight is 269 g/mol. The molecule has 1 heterocycles. The SMILES string of the molecule is CCOC(=O)c1cncn1[C@H](C)c1ccc(C#N)cc1. The lowest BCUT2D eigenvalue weighted by Gasteiger charge is -2.16. The quantitative estimate of drug-likeness (QED) is 0.800. The molecule has 0 aliphatic heterocycles. The number of esters is 1. The average Bonchev–Trinajstić information content (AvgIpc) is 2.96. The van der Waals surface area contributed by atoms with Gasteiger partial charge in [-0.1, -0.05) is 12.1 Å². The number of hydrogen-bond donors (Lipinski definition) is 0. The number of rotatable bonds is 4. The van der Waals surface area contributed by atoms with Crippen LogP contribution in [0.1, 0.15) is 41.5 Å². The molecule has 102 valence electrons. The maximum absolute atomic E-state index is 11.8. The first-order valence-electron chi connectivity index (χ1n) is 6.36. The Hall–Kier alpha value is -2.61. The summed E-state index contributed by atoms with van der Waals surface area (Å²) in [7, 11) is 0. The van der Waals surface area contributed by atoms with Crippen molar-refractivity contribution in [3.63, 3.8) is 0 Å². The van der Waals surface area contributed by atoms with Crippen molar-refractivity contribution < 1.29 is 9.53 Å².